The van der Waals surface area contributed by atoms with Crippen molar-refractivity contribution in [3.05, 3.63) is 0 Å². The molecule has 1 aliphatic heterocycles. The van der Waals surface area contributed by atoms with Crippen LogP contribution in [0, 0.1) is 5.41 Å². The molecule has 0 aromatic rings. The second-order valence-corrected chi connectivity index (χ2v) is 5.20. The maximum atomic E-state index is 11.0. The molecule has 94 valence electrons. The van der Waals surface area contributed by atoms with E-state index in [2.05, 4.69) is 26.1 Å². The van der Waals surface area contributed by atoms with Gasteiger partial charge in [-0.3, -0.25) is 4.79 Å². The van der Waals surface area contributed by atoms with E-state index >= 15 is 0 Å². The second-order valence-electron chi connectivity index (χ2n) is 5.20. The summed E-state index contributed by atoms with van der Waals surface area (Å²) in [4.78, 5) is 11.0. The molecule has 1 fully saturated rings. The lowest BCUT2D eigenvalue weighted by molar-refractivity contribution is -0.164. The maximum Gasteiger partial charge on any atom is 0.218 e. The normalized spacial score (nSPS) is 30.8. The number of hydrogen-bond acceptors (Lipinski definition) is 3. The zero-order valence-electron chi connectivity index (χ0n) is 10.9. The fraction of sp³-hybridized carbons (Fsp3) is 0.917. The molecule has 0 saturated carbocycles. The molecule has 3 atom stereocenters. The van der Waals surface area contributed by atoms with Crippen LogP contribution in [0.5, 0.6) is 0 Å². The molecule has 0 aromatic heterocycles. The van der Waals surface area contributed by atoms with Gasteiger partial charge in [0.05, 0.1) is 6.10 Å². The Hall–Kier alpha value is -0.610. The first-order chi connectivity index (χ1) is 7.36. The predicted molar refractivity (Wildman–Crippen MR) is 62.0 cm³/mol. The molecule has 1 amide bonds. The van der Waals surface area contributed by atoms with Gasteiger partial charge >= 0.3 is 0 Å². The van der Waals surface area contributed by atoms with Gasteiger partial charge in [0, 0.05) is 14.0 Å². The van der Waals surface area contributed by atoms with Gasteiger partial charge in [0.25, 0.3) is 0 Å². The van der Waals surface area contributed by atoms with E-state index in [1.807, 2.05) is 0 Å². The van der Waals surface area contributed by atoms with Crippen molar-refractivity contribution >= 4 is 5.91 Å². The number of nitrogens with one attached hydrogen (secondary N) is 1. The molecular formula is C12H23NO3. The highest BCUT2D eigenvalue weighted by Crippen LogP contribution is 2.36. The van der Waals surface area contributed by atoms with E-state index in [1.54, 1.807) is 7.11 Å². The van der Waals surface area contributed by atoms with Gasteiger partial charge in [-0.25, -0.2) is 0 Å². The Bertz CT molecular complexity index is 253. The Balaban J connectivity index is 2.58. The molecule has 0 aliphatic carbocycles. The summed E-state index contributed by atoms with van der Waals surface area (Å²) in [6.45, 7) is 7.97. The average molecular weight is 229 g/mol. The third kappa shape index (κ3) is 3.19. The van der Waals surface area contributed by atoms with E-state index in [9.17, 15) is 4.79 Å². The number of methoxy groups -OCH3 is 1. The van der Waals surface area contributed by atoms with Gasteiger partial charge in [-0.05, 0) is 25.2 Å². The third-order valence-electron chi connectivity index (χ3n) is 3.49. The van der Waals surface area contributed by atoms with Crippen LogP contribution >= 0.6 is 0 Å². The molecule has 0 aromatic carbocycles. The Kier molecular flexibility index (Phi) is 4.33. The van der Waals surface area contributed by atoms with E-state index in [1.165, 1.54) is 6.92 Å². The Morgan fingerprint density at radius 3 is 2.62 bits per heavy atom. The zero-order valence-corrected chi connectivity index (χ0v) is 10.9. The van der Waals surface area contributed by atoms with E-state index in [-0.39, 0.29) is 29.8 Å². The van der Waals surface area contributed by atoms with Gasteiger partial charge in [0.15, 0.2) is 6.23 Å². The molecule has 16 heavy (non-hydrogen) atoms. The minimum absolute atomic E-state index is 0.0445. The standard InChI is InChI=1S/C12H23NO3/c1-8-12(3,4)7-6-10(16-8)11(15-5)13-9(2)14/h8,10-11H,6-7H2,1-5H3,(H,13,14)/t8-,10-,11-/m1/s1. The van der Waals surface area contributed by atoms with Gasteiger partial charge in [-0.15, -0.1) is 0 Å². The molecule has 0 radical (unpaired) electrons. The molecule has 1 heterocycles. The average Bonchev–Trinajstić information content (AvgIpc) is 2.18. The van der Waals surface area contributed by atoms with Crippen molar-refractivity contribution in [2.45, 2.75) is 59.0 Å². The minimum Gasteiger partial charge on any atom is -0.370 e. The number of hydrogen-bond donors (Lipinski definition) is 1. The van der Waals surface area contributed by atoms with Crippen molar-refractivity contribution < 1.29 is 14.3 Å². The van der Waals surface area contributed by atoms with Crippen LogP contribution in [-0.2, 0) is 14.3 Å². The summed E-state index contributed by atoms with van der Waals surface area (Å²) in [7, 11) is 1.59. The quantitative estimate of drug-likeness (QED) is 0.749. The van der Waals surface area contributed by atoms with Crippen LogP contribution in [0.4, 0.5) is 0 Å². The summed E-state index contributed by atoms with van der Waals surface area (Å²) in [5, 5.41) is 2.76. The molecule has 4 heteroatoms. The van der Waals surface area contributed by atoms with Gasteiger partial charge in [0.2, 0.25) is 5.91 Å². The van der Waals surface area contributed by atoms with Crippen LogP contribution in [0.3, 0.4) is 0 Å². The van der Waals surface area contributed by atoms with Crippen LogP contribution in [0.2, 0.25) is 0 Å². The Morgan fingerprint density at radius 1 is 1.56 bits per heavy atom. The topological polar surface area (TPSA) is 47.6 Å². The zero-order chi connectivity index (χ0) is 12.3. The molecular weight excluding hydrogens is 206 g/mol. The van der Waals surface area contributed by atoms with Gasteiger partial charge < -0.3 is 14.8 Å². The van der Waals surface area contributed by atoms with Crippen LogP contribution in [-0.4, -0.2) is 31.5 Å². The predicted octanol–water partition coefficient (Wildman–Crippen LogP) is 1.69. The lowest BCUT2D eigenvalue weighted by Crippen LogP contribution is -2.50. The summed E-state index contributed by atoms with van der Waals surface area (Å²) in [5.74, 6) is -0.0899. The van der Waals surface area contributed by atoms with Gasteiger partial charge in [0.1, 0.15) is 6.10 Å². The summed E-state index contributed by atoms with van der Waals surface area (Å²) in [6.07, 6.45) is 1.79. The number of carbonyl (C=O) groups is 1. The van der Waals surface area contributed by atoms with Crippen molar-refractivity contribution in [1.82, 2.24) is 5.32 Å². The minimum atomic E-state index is -0.337. The SMILES string of the molecule is CO[C@@H](NC(C)=O)[C@H]1CCC(C)(C)[C@@H](C)O1. The van der Waals surface area contributed by atoms with Crippen molar-refractivity contribution in [3.63, 3.8) is 0 Å². The summed E-state index contributed by atoms with van der Waals surface area (Å²) in [6, 6.07) is 0. The van der Waals surface area contributed by atoms with E-state index < -0.39 is 0 Å². The Labute approximate surface area is 97.7 Å². The monoisotopic (exact) mass is 229 g/mol. The lowest BCUT2D eigenvalue weighted by Gasteiger charge is -2.42. The Morgan fingerprint density at radius 2 is 2.19 bits per heavy atom. The van der Waals surface area contributed by atoms with Gasteiger partial charge in [-0.1, -0.05) is 13.8 Å². The molecule has 0 spiro atoms. The highest BCUT2D eigenvalue weighted by molar-refractivity contribution is 5.73. The fourth-order valence-corrected chi connectivity index (χ4v) is 1.96. The first kappa shape index (κ1) is 13.5. The number of ether oxygens (including phenoxy) is 2. The summed E-state index contributed by atoms with van der Waals surface area (Å²) in [5.41, 5.74) is 0.199. The van der Waals surface area contributed by atoms with Crippen molar-refractivity contribution in [3.8, 4) is 0 Å². The first-order valence-electron chi connectivity index (χ1n) is 5.82. The largest absolute Gasteiger partial charge is 0.370 e. The van der Waals surface area contributed by atoms with E-state index in [0.29, 0.717) is 0 Å². The van der Waals surface area contributed by atoms with Crippen molar-refractivity contribution in [1.29, 1.82) is 0 Å². The summed E-state index contributed by atoms with van der Waals surface area (Å²) < 4.78 is 11.2. The second kappa shape index (κ2) is 5.15. The van der Waals surface area contributed by atoms with Crippen LogP contribution < -0.4 is 5.32 Å². The van der Waals surface area contributed by atoms with E-state index in [0.717, 1.165) is 12.8 Å². The van der Waals surface area contributed by atoms with Crippen LogP contribution in [0.25, 0.3) is 0 Å². The molecule has 1 aliphatic rings. The van der Waals surface area contributed by atoms with Crippen LogP contribution in [0.1, 0.15) is 40.5 Å². The first-order valence-corrected chi connectivity index (χ1v) is 5.82. The third-order valence-corrected chi connectivity index (χ3v) is 3.49. The van der Waals surface area contributed by atoms with E-state index in [4.69, 9.17) is 9.47 Å². The molecule has 1 rings (SSSR count). The van der Waals surface area contributed by atoms with Crippen LogP contribution in [0.15, 0.2) is 0 Å². The molecule has 1 N–H and O–H groups in total. The van der Waals surface area contributed by atoms with Crippen molar-refractivity contribution in [2.75, 3.05) is 7.11 Å². The smallest absolute Gasteiger partial charge is 0.218 e. The fourth-order valence-electron chi connectivity index (χ4n) is 1.96. The highest BCUT2D eigenvalue weighted by atomic mass is 16.6. The molecule has 4 nitrogen and oxygen atoms in total. The lowest BCUT2D eigenvalue weighted by atomic mass is 9.79. The molecule has 1 saturated heterocycles. The number of amides is 1. The van der Waals surface area contributed by atoms with Gasteiger partial charge in [-0.2, -0.15) is 0 Å². The molecule has 0 bridgehead atoms. The number of carbonyl (C=O) groups excluding carboxylic acids is 1. The maximum absolute atomic E-state index is 11.0. The number of rotatable bonds is 3. The molecule has 0 unspecified atom stereocenters. The summed E-state index contributed by atoms with van der Waals surface area (Å²) >= 11 is 0. The van der Waals surface area contributed by atoms with Crippen molar-refractivity contribution in [2.24, 2.45) is 5.41 Å². The highest BCUT2D eigenvalue weighted by Gasteiger charge is 2.37.